The Morgan fingerprint density at radius 3 is 2.00 bits per heavy atom. The van der Waals surface area contributed by atoms with E-state index in [4.69, 9.17) is 22.9 Å². The van der Waals surface area contributed by atoms with Gasteiger partial charge in [0.15, 0.2) is 5.96 Å². The Labute approximate surface area is 251 Å². The number of rotatable bonds is 17. The molecule has 0 aliphatic heterocycles. The summed E-state index contributed by atoms with van der Waals surface area (Å²) in [7, 11) is 0. The van der Waals surface area contributed by atoms with E-state index in [0.29, 0.717) is 12.8 Å². The van der Waals surface area contributed by atoms with Gasteiger partial charge in [0.1, 0.15) is 23.9 Å². The number of hydrogen-bond acceptors (Lipinski definition) is 7. The second-order valence-corrected chi connectivity index (χ2v) is 10.5. The Morgan fingerprint density at radius 2 is 1.42 bits per heavy atom. The van der Waals surface area contributed by atoms with Crippen LogP contribution in [-0.4, -0.2) is 65.4 Å². The van der Waals surface area contributed by atoms with E-state index >= 15 is 0 Å². The van der Waals surface area contributed by atoms with Crippen LogP contribution in [0.4, 0.5) is 0 Å². The maximum Gasteiger partial charge on any atom is 0.243 e. The van der Waals surface area contributed by atoms with Gasteiger partial charge in [-0.05, 0) is 48.4 Å². The van der Waals surface area contributed by atoms with Crippen molar-refractivity contribution >= 4 is 29.6 Å². The lowest BCUT2D eigenvalue weighted by Gasteiger charge is -2.28. The monoisotopic (exact) mass is 596 g/mol. The standard InChI is InChI=1S/C30H44N8O5/c1-3-18(2)25(38-27(41)22(31)16-20-11-13-21(39)14-12-20)29(43)36-23(10-7-15-35-30(33)34)28(42)37-24(26(32)40)17-19-8-5-4-6-9-19/h4-6,8-9,11-14,18,22-25,39H,3,7,10,15-17,31H2,1-2H3,(H2,32,40)(H,36,43)(H,37,42)(H,38,41)(H4,33,34,35). The van der Waals surface area contributed by atoms with Crippen molar-refractivity contribution in [3.05, 3.63) is 65.7 Å². The number of nitrogens with zero attached hydrogens (tertiary/aromatic N) is 1. The highest BCUT2D eigenvalue weighted by Gasteiger charge is 2.32. The van der Waals surface area contributed by atoms with Crippen LogP contribution in [0.1, 0.15) is 44.2 Å². The number of phenolic OH excluding ortho intramolecular Hbond substituents is 1. The molecular weight excluding hydrogens is 552 g/mol. The third-order valence-electron chi connectivity index (χ3n) is 7.04. The molecule has 0 aromatic heterocycles. The molecule has 0 bridgehead atoms. The Hall–Kier alpha value is -4.65. The van der Waals surface area contributed by atoms with E-state index in [-0.39, 0.29) is 43.4 Å². The van der Waals surface area contributed by atoms with E-state index in [0.717, 1.165) is 11.1 Å². The lowest BCUT2D eigenvalue weighted by atomic mass is 9.96. The summed E-state index contributed by atoms with van der Waals surface area (Å²) >= 11 is 0. The number of hydrogen-bond donors (Lipinski definition) is 8. The maximum atomic E-state index is 13.5. The molecule has 2 aromatic carbocycles. The quantitative estimate of drug-likeness (QED) is 0.0673. The van der Waals surface area contributed by atoms with E-state index in [1.165, 1.54) is 12.1 Å². The Kier molecular flexibility index (Phi) is 13.9. The number of phenols is 1. The molecule has 2 aromatic rings. The second kappa shape index (κ2) is 17.3. The molecule has 5 atom stereocenters. The van der Waals surface area contributed by atoms with Crippen LogP contribution < -0.4 is 38.9 Å². The van der Waals surface area contributed by atoms with Crippen molar-refractivity contribution in [3.8, 4) is 5.75 Å². The molecule has 13 nitrogen and oxygen atoms in total. The van der Waals surface area contributed by atoms with Gasteiger partial charge in [0.2, 0.25) is 23.6 Å². The van der Waals surface area contributed by atoms with Crippen LogP contribution in [0.5, 0.6) is 5.75 Å². The smallest absolute Gasteiger partial charge is 0.243 e. The van der Waals surface area contributed by atoms with Gasteiger partial charge in [0, 0.05) is 13.0 Å². The van der Waals surface area contributed by atoms with Crippen molar-refractivity contribution in [2.24, 2.45) is 33.8 Å². The number of guanidine groups is 1. The third-order valence-corrected chi connectivity index (χ3v) is 7.04. The van der Waals surface area contributed by atoms with Crippen molar-refractivity contribution in [2.75, 3.05) is 6.54 Å². The molecule has 13 heteroatoms. The first-order valence-electron chi connectivity index (χ1n) is 14.2. The minimum atomic E-state index is -1.08. The molecule has 5 unspecified atom stereocenters. The summed E-state index contributed by atoms with van der Waals surface area (Å²) in [6.45, 7) is 3.88. The van der Waals surface area contributed by atoms with E-state index in [2.05, 4.69) is 20.9 Å². The highest BCUT2D eigenvalue weighted by molar-refractivity contribution is 5.94. The first kappa shape index (κ1) is 34.6. The fraction of sp³-hybridized carbons (Fsp3) is 0.433. The summed E-state index contributed by atoms with van der Waals surface area (Å²) in [5.74, 6) is -2.78. The summed E-state index contributed by atoms with van der Waals surface area (Å²) in [6, 6.07) is 11.3. The number of nitrogens with one attached hydrogen (secondary N) is 3. The van der Waals surface area contributed by atoms with Gasteiger partial charge >= 0.3 is 0 Å². The van der Waals surface area contributed by atoms with E-state index in [1.54, 1.807) is 19.1 Å². The number of aromatic hydroxyl groups is 1. The van der Waals surface area contributed by atoms with Crippen LogP contribution >= 0.6 is 0 Å². The van der Waals surface area contributed by atoms with Crippen molar-refractivity contribution in [2.45, 2.75) is 70.1 Å². The molecular formula is C30H44N8O5. The largest absolute Gasteiger partial charge is 0.508 e. The molecule has 43 heavy (non-hydrogen) atoms. The summed E-state index contributed by atoms with van der Waals surface area (Å²) < 4.78 is 0. The molecule has 0 aliphatic rings. The van der Waals surface area contributed by atoms with Crippen LogP contribution in [-0.2, 0) is 32.0 Å². The SMILES string of the molecule is CCC(C)C(NC(=O)C(N)Cc1ccc(O)cc1)C(=O)NC(CCCN=C(N)N)C(=O)NC(Cc1ccccc1)C(N)=O. The minimum absolute atomic E-state index is 0.0920. The average molecular weight is 597 g/mol. The summed E-state index contributed by atoms with van der Waals surface area (Å²) in [5, 5.41) is 17.6. The number of benzene rings is 2. The zero-order valence-electron chi connectivity index (χ0n) is 24.7. The predicted octanol–water partition coefficient (Wildman–Crippen LogP) is -0.456. The first-order valence-corrected chi connectivity index (χ1v) is 14.2. The van der Waals surface area contributed by atoms with Crippen LogP contribution in [0.25, 0.3) is 0 Å². The predicted molar refractivity (Wildman–Crippen MR) is 164 cm³/mol. The lowest BCUT2D eigenvalue weighted by molar-refractivity contribution is -0.134. The van der Waals surface area contributed by atoms with Gasteiger partial charge < -0.3 is 44.0 Å². The van der Waals surface area contributed by atoms with Crippen LogP contribution in [0.15, 0.2) is 59.6 Å². The second-order valence-electron chi connectivity index (χ2n) is 10.5. The van der Waals surface area contributed by atoms with Gasteiger partial charge in [-0.3, -0.25) is 24.2 Å². The van der Waals surface area contributed by atoms with Crippen LogP contribution in [0.3, 0.4) is 0 Å². The van der Waals surface area contributed by atoms with E-state index in [1.807, 2.05) is 37.3 Å². The molecule has 0 spiro atoms. The lowest BCUT2D eigenvalue weighted by Crippen LogP contribution is -2.59. The Balaban J connectivity index is 2.18. The molecule has 2 rings (SSSR count). The van der Waals surface area contributed by atoms with Crippen LogP contribution in [0, 0.1) is 5.92 Å². The van der Waals surface area contributed by atoms with Gasteiger partial charge in [-0.2, -0.15) is 0 Å². The van der Waals surface area contributed by atoms with Gasteiger partial charge in [-0.15, -0.1) is 0 Å². The number of amides is 4. The van der Waals surface area contributed by atoms with Gasteiger partial charge in [0.25, 0.3) is 0 Å². The van der Waals surface area contributed by atoms with Crippen molar-refractivity contribution in [1.82, 2.24) is 16.0 Å². The van der Waals surface area contributed by atoms with E-state index in [9.17, 15) is 24.3 Å². The Bertz CT molecular complexity index is 1230. The zero-order valence-corrected chi connectivity index (χ0v) is 24.7. The molecule has 0 fully saturated rings. The molecule has 12 N–H and O–H groups in total. The minimum Gasteiger partial charge on any atom is -0.508 e. The fourth-order valence-electron chi connectivity index (χ4n) is 4.32. The maximum absolute atomic E-state index is 13.5. The molecule has 0 saturated carbocycles. The number of nitrogens with two attached hydrogens (primary N) is 4. The fourth-order valence-corrected chi connectivity index (χ4v) is 4.32. The Morgan fingerprint density at radius 1 is 0.814 bits per heavy atom. The number of aliphatic imine (C=N–C) groups is 1. The molecule has 0 saturated heterocycles. The first-order chi connectivity index (χ1) is 20.4. The normalized spacial score (nSPS) is 14.3. The van der Waals surface area contributed by atoms with Crippen molar-refractivity contribution in [1.29, 1.82) is 0 Å². The van der Waals surface area contributed by atoms with Gasteiger partial charge in [-0.25, -0.2) is 0 Å². The van der Waals surface area contributed by atoms with Gasteiger partial charge in [0.05, 0.1) is 6.04 Å². The number of carbonyl (C=O) groups is 4. The summed E-state index contributed by atoms with van der Waals surface area (Å²) in [5.41, 5.74) is 24.1. The highest BCUT2D eigenvalue weighted by atomic mass is 16.3. The molecule has 234 valence electrons. The molecule has 0 radical (unpaired) electrons. The topological polar surface area (TPSA) is 241 Å². The van der Waals surface area contributed by atoms with Crippen LogP contribution in [0.2, 0.25) is 0 Å². The average Bonchev–Trinajstić information content (AvgIpc) is 2.97. The highest BCUT2D eigenvalue weighted by Crippen LogP contribution is 2.13. The molecule has 0 aliphatic carbocycles. The molecule has 4 amide bonds. The number of primary amides is 1. The summed E-state index contributed by atoms with van der Waals surface area (Å²) in [4.78, 5) is 56.0. The van der Waals surface area contributed by atoms with Gasteiger partial charge in [-0.1, -0.05) is 62.7 Å². The van der Waals surface area contributed by atoms with Crippen molar-refractivity contribution < 1.29 is 24.3 Å². The third kappa shape index (κ3) is 12.0. The van der Waals surface area contributed by atoms with E-state index < -0.39 is 47.8 Å². The van der Waals surface area contributed by atoms with Crippen molar-refractivity contribution in [3.63, 3.8) is 0 Å². The summed E-state index contributed by atoms with van der Waals surface area (Å²) in [6.07, 6.45) is 1.39. The zero-order chi connectivity index (χ0) is 31.9. The molecule has 0 heterocycles. The number of carbonyl (C=O) groups excluding carboxylic acids is 4.